The normalized spacial score (nSPS) is 11.9. The molecule has 0 radical (unpaired) electrons. The third kappa shape index (κ3) is 5.83. The molecular weight excluding hydrogens is 823 g/mol. The summed E-state index contributed by atoms with van der Waals surface area (Å²) in [5.41, 5.74) is 12.4. The Morgan fingerprint density at radius 2 is 0.821 bits per heavy atom. The lowest BCUT2D eigenvalue weighted by Crippen LogP contribution is -2.06. The number of benzene rings is 9. The lowest BCUT2D eigenvalue weighted by Gasteiger charge is -2.12. The van der Waals surface area contributed by atoms with Crippen LogP contribution < -0.4 is 0 Å². The van der Waals surface area contributed by atoms with Crippen molar-refractivity contribution >= 4 is 76.5 Å². The van der Waals surface area contributed by atoms with Crippen LogP contribution in [0.5, 0.6) is 0 Å². The highest BCUT2D eigenvalue weighted by Gasteiger charge is 2.22. The molecule has 0 saturated carbocycles. The van der Waals surface area contributed by atoms with Gasteiger partial charge in [0.25, 0.3) is 0 Å². The van der Waals surface area contributed by atoms with E-state index in [2.05, 4.69) is 149 Å². The Bertz CT molecular complexity index is 4170. The third-order valence-corrected chi connectivity index (χ3v) is 13.0. The fourth-order valence-electron chi connectivity index (χ4n) is 9.98. The molecule has 0 saturated heterocycles. The molecule has 0 aliphatic rings. The standard InChI is InChI=1S/C59H35N7O/c1-3-16-36(17-4-1)56-62-57(37-18-5-2-6-19-37)64-59(63-56)66-50-28-14-10-22-42(50)45-34-38(30-32-51(45)66)39-31-33-52-46(35-39)54-44(24-15-29-53(54)67-52)55-43-23-7-11-25-47(43)60-58(61-55)65-48-26-12-8-20-40(48)41-21-9-13-27-49(41)65/h1-35H. The van der Waals surface area contributed by atoms with Crippen molar-refractivity contribution in [2.75, 3.05) is 0 Å². The Labute approximate surface area is 382 Å². The summed E-state index contributed by atoms with van der Waals surface area (Å²) < 4.78 is 11.0. The molecule has 0 bridgehead atoms. The van der Waals surface area contributed by atoms with Crippen molar-refractivity contribution in [2.45, 2.75) is 0 Å². The molecule has 8 nitrogen and oxygen atoms in total. The molecular formula is C59H35N7O. The minimum atomic E-state index is 0.559. The van der Waals surface area contributed by atoms with Gasteiger partial charge in [-0.05, 0) is 65.7 Å². The Balaban J connectivity index is 0.946. The van der Waals surface area contributed by atoms with Crippen LogP contribution in [0.25, 0.3) is 134 Å². The molecule has 67 heavy (non-hydrogen) atoms. The quantitative estimate of drug-likeness (QED) is 0.165. The van der Waals surface area contributed by atoms with Crippen LogP contribution in [0.1, 0.15) is 0 Å². The fourth-order valence-corrected chi connectivity index (χ4v) is 9.98. The first kappa shape index (κ1) is 37.1. The lowest BCUT2D eigenvalue weighted by molar-refractivity contribution is 0.669. The number of para-hydroxylation sites is 4. The zero-order chi connectivity index (χ0) is 44.0. The topological polar surface area (TPSA) is 87.5 Å². The molecule has 312 valence electrons. The summed E-state index contributed by atoms with van der Waals surface area (Å²) in [7, 11) is 0. The van der Waals surface area contributed by atoms with E-state index in [4.69, 9.17) is 29.3 Å². The van der Waals surface area contributed by atoms with E-state index in [1.54, 1.807) is 0 Å². The van der Waals surface area contributed by atoms with E-state index >= 15 is 0 Å². The van der Waals surface area contributed by atoms with E-state index < -0.39 is 0 Å². The summed E-state index contributed by atoms with van der Waals surface area (Å²) in [6.07, 6.45) is 0. The van der Waals surface area contributed by atoms with Crippen LogP contribution in [-0.4, -0.2) is 34.1 Å². The Morgan fingerprint density at radius 1 is 0.313 bits per heavy atom. The smallest absolute Gasteiger partial charge is 0.238 e. The summed E-state index contributed by atoms with van der Waals surface area (Å²) in [5.74, 6) is 2.41. The number of rotatable bonds is 6. The maximum absolute atomic E-state index is 6.63. The highest BCUT2D eigenvalue weighted by Crippen LogP contribution is 2.42. The van der Waals surface area contributed by atoms with Gasteiger partial charge in [-0.2, -0.15) is 9.97 Å². The maximum Gasteiger partial charge on any atom is 0.238 e. The van der Waals surface area contributed by atoms with Gasteiger partial charge in [-0.1, -0.05) is 158 Å². The lowest BCUT2D eigenvalue weighted by atomic mass is 9.97. The van der Waals surface area contributed by atoms with Gasteiger partial charge in [-0.15, -0.1) is 0 Å². The average molecular weight is 858 g/mol. The molecule has 0 atom stereocenters. The van der Waals surface area contributed by atoms with Gasteiger partial charge in [0.2, 0.25) is 11.9 Å². The van der Waals surface area contributed by atoms with E-state index in [-0.39, 0.29) is 0 Å². The van der Waals surface area contributed by atoms with Crippen molar-refractivity contribution in [1.82, 2.24) is 34.1 Å². The average Bonchev–Trinajstić information content (AvgIpc) is 4.06. The summed E-state index contributed by atoms with van der Waals surface area (Å²) in [5, 5.41) is 7.51. The highest BCUT2D eigenvalue weighted by atomic mass is 16.3. The molecule has 5 aromatic heterocycles. The van der Waals surface area contributed by atoms with Crippen LogP contribution in [0, 0.1) is 0 Å². The molecule has 0 aliphatic carbocycles. The monoisotopic (exact) mass is 857 g/mol. The molecule has 14 aromatic rings. The van der Waals surface area contributed by atoms with Crippen molar-refractivity contribution in [3.8, 4) is 57.1 Å². The van der Waals surface area contributed by atoms with E-state index in [1.165, 1.54) is 0 Å². The first-order valence-corrected chi connectivity index (χ1v) is 22.3. The summed E-state index contributed by atoms with van der Waals surface area (Å²) in [4.78, 5) is 25.9. The largest absolute Gasteiger partial charge is 0.456 e. The van der Waals surface area contributed by atoms with Crippen molar-refractivity contribution in [1.29, 1.82) is 0 Å². The Hall–Kier alpha value is -9.27. The van der Waals surface area contributed by atoms with E-state index in [9.17, 15) is 0 Å². The highest BCUT2D eigenvalue weighted by molar-refractivity contribution is 6.16. The van der Waals surface area contributed by atoms with Gasteiger partial charge < -0.3 is 4.42 Å². The van der Waals surface area contributed by atoms with Gasteiger partial charge in [0.1, 0.15) is 11.2 Å². The van der Waals surface area contributed by atoms with Gasteiger partial charge >= 0.3 is 0 Å². The van der Waals surface area contributed by atoms with Crippen LogP contribution in [-0.2, 0) is 0 Å². The van der Waals surface area contributed by atoms with Crippen LogP contribution >= 0.6 is 0 Å². The van der Waals surface area contributed by atoms with E-state index in [0.29, 0.717) is 23.5 Å². The van der Waals surface area contributed by atoms with Crippen molar-refractivity contribution < 1.29 is 4.42 Å². The van der Waals surface area contributed by atoms with Gasteiger partial charge in [0, 0.05) is 54.4 Å². The number of furan rings is 1. The predicted molar refractivity (Wildman–Crippen MR) is 271 cm³/mol. The number of aromatic nitrogens is 7. The van der Waals surface area contributed by atoms with Crippen molar-refractivity contribution in [3.63, 3.8) is 0 Å². The molecule has 8 heteroatoms. The number of hydrogen-bond donors (Lipinski definition) is 0. The molecule has 0 N–H and O–H groups in total. The summed E-state index contributed by atoms with van der Waals surface area (Å²) in [6, 6.07) is 73.3. The van der Waals surface area contributed by atoms with Crippen LogP contribution in [0.3, 0.4) is 0 Å². The fraction of sp³-hybridized carbons (Fsp3) is 0. The zero-order valence-corrected chi connectivity index (χ0v) is 35.7. The molecule has 9 aromatic carbocycles. The van der Waals surface area contributed by atoms with E-state index in [0.717, 1.165) is 110 Å². The zero-order valence-electron chi connectivity index (χ0n) is 35.7. The molecule has 14 rings (SSSR count). The predicted octanol–water partition coefficient (Wildman–Crippen LogP) is 14.6. The number of fused-ring (bicyclic) bond motifs is 10. The SMILES string of the molecule is c1ccc(-c2nc(-c3ccccc3)nc(-n3c4ccccc4c4cc(-c5ccc6oc7cccc(-c8nc(-n9c%10ccccc%10c%10ccccc%109)nc9ccccc89)c7c6c5)ccc43)n2)cc1. The molecule has 0 spiro atoms. The molecule has 0 unspecified atom stereocenters. The molecule has 5 heterocycles. The Morgan fingerprint density at radius 3 is 1.46 bits per heavy atom. The maximum atomic E-state index is 6.63. The van der Waals surface area contributed by atoms with Crippen LogP contribution in [0.4, 0.5) is 0 Å². The second-order valence-corrected chi connectivity index (χ2v) is 16.8. The first-order chi connectivity index (χ1) is 33.2. The minimum absolute atomic E-state index is 0.559. The second-order valence-electron chi connectivity index (χ2n) is 16.8. The second kappa shape index (κ2) is 14.6. The summed E-state index contributed by atoms with van der Waals surface area (Å²) >= 11 is 0. The first-order valence-electron chi connectivity index (χ1n) is 22.3. The van der Waals surface area contributed by atoms with Crippen molar-refractivity contribution in [3.05, 3.63) is 212 Å². The minimum Gasteiger partial charge on any atom is -0.456 e. The molecule has 0 fully saturated rings. The van der Waals surface area contributed by atoms with E-state index in [1.807, 2.05) is 72.8 Å². The van der Waals surface area contributed by atoms with Gasteiger partial charge in [0.15, 0.2) is 11.6 Å². The molecule has 0 aliphatic heterocycles. The summed E-state index contributed by atoms with van der Waals surface area (Å²) in [6.45, 7) is 0. The third-order valence-electron chi connectivity index (χ3n) is 13.0. The van der Waals surface area contributed by atoms with Crippen LogP contribution in [0.2, 0.25) is 0 Å². The number of nitrogens with zero attached hydrogens (tertiary/aromatic N) is 7. The van der Waals surface area contributed by atoms with Gasteiger partial charge in [-0.3, -0.25) is 9.13 Å². The van der Waals surface area contributed by atoms with Gasteiger partial charge in [-0.25, -0.2) is 15.0 Å². The van der Waals surface area contributed by atoms with Gasteiger partial charge in [0.05, 0.1) is 33.3 Å². The van der Waals surface area contributed by atoms with Crippen molar-refractivity contribution in [2.24, 2.45) is 0 Å². The Kier molecular flexibility index (Phi) is 8.11. The number of hydrogen-bond acceptors (Lipinski definition) is 6. The molecule has 0 amide bonds. The van der Waals surface area contributed by atoms with Crippen LogP contribution in [0.15, 0.2) is 217 Å².